The molecule has 2 nitrogen and oxygen atoms in total. The molecule has 50 valence electrons. The van der Waals surface area contributed by atoms with E-state index >= 15 is 0 Å². The van der Waals surface area contributed by atoms with Gasteiger partial charge in [0.05, 0.1) is 5.69 Å². The molecule has 0 saturated heterocycles. The van der Waals surface area contributed by atoms with Gasteiger partial charge in [-0.2, -0.15) is 0 Å². The molecular formula is C6H9NOS. The molecule has 1 aromatic rings. The van der Waals surface area contributed by atoms with E-state index < -0.39 is 0 Å². The largest absolute Gasteiger partial charge is 0.437 e. The summed E-state index contributed by atoms with van der Waals surface area (Å²) in [5.74, 6) is 1.04. The molecule has 0 aliphatic carbocycles. The monoisotopic (exact) mass is 143 g/mol. The van der Waals surface area contributed by atoms with Gasteiger partial charge in [0, 0.05) is 0 Å². The SMILES string of the molecule is CCSc1ocnc1C. The Balaban J connectivity index is 2.69. The fraction of sp³-hybridized carbons (Fsp3) is 0.500. The topological polar surface area (TPSA) is 26.0 Å². The van der Waals surface area contributed by atoms with Crippen LogP contribution in [0.5, 0.6) is 0 Å². The van der Waals surface area contributed by atoms with Gasteiger partial charge in [0.2, 0.25) is 0 Å². The Morgan fingerprint density at radius 2 is 2.56 bits per heavy atom. The van der Waals surface area contributed by atoms with E-state index in [1.165, 1.54) is 6.39 Å². The quantitative estimate of drug-likeness (QED) is 0.593. The zero-order valence-corrected chi connectivity index (χ0v) is 6.36. The third kappa shape index (κ3) is 1.48. The van der Waals surface area contributed by atoms with Crippen LogP contribution in [0.4, 0.5) is 0 Å². The Kier molecular flexibility index (Phi) is 2.16. The maximum Gasteiger partial charge on any atom is 0.183 e. The highest BCUT2D eigenvalue weighted by atomic mass is 32.2. The Bertz CT molecular complexity index is 185. The van der Waals surface area contributed by atoms with Crippen LogP contribution in [0.2, 0.25) is 0 Å². The van der Waals surface area contributed by atoms with Gasteiger partial charge in [-0.15, -0.1) is 0 Å². The van der Waals surface area contributed by atoms with E-state index in [1.807, 2.05) is 6.92 Å². The standard InChI is InChI=1S/C6H9NOS/c1-3-9-6-5(2)7-4-8-6/h4H,3H2,1-2H3. The molecule has 0 unspecified atom stereocenters. The number of aryl methyl sites for hydroxylation is 1. The molecule has 9 heavy (non-hydrogen) atoms. The first-order valence-electron chi connectivity index (χ1n) is 2.87. The summed E-state index contributed by atoms with van der Waals surface area (Å²) in [5, 5.41) is 0.942. The van der Waals surface area contributed by atoms with Crippen molar-refractivity contribution < 1.29 is 4.42 Å². The molecule has 1 aromatic heterocycles. The van der Waals surface area contributed by atoms with Crippen LogP contribution in [0.25, 0.3) is 0 Å². The fourth-order valence-corrected chi connectivity index (χ4v) is 1.20. The van der Waals surface area contributed by atoms with Gasteiger partial charge >= 0.3 is 0 Å². The van der Waals surface area contributed by atoms with Crippen molar-refractivity contribution in [3.63, 3.8) is 0 Å². The second-order valence-corrected chi connectivity index (χ2v) is 2.90. The summed E-state index contributed by atoms with van der Waals surface area (Å²) in [4.78, 5) is 3.95. The molecular weight excluding hydrogens is 134 g/mol. The van der Waals surface area contributed by atoms with Crippen LogP contribution in [0, 0.1) is 6.92 Å². The highest BCUT2D eigenvalue weighted by molar-refractivity contribution is 7.99. The molecule has 3 heteroatoms. The zero-order chi connectivity index (χ0) is 6.69. The maximum absolute atomic E-state index is 5.06. The predicted molar refractivity (Wildman–Crippen MR) is 37.6 cm³/mol. The van der Waals surface area contributed by atoms with Crippen LogP contribution in [0.1, 0.15) is 12.6 Å². The van der Waals surface area contributed by atoms with Crippen molar-refractivity contribution in [3.8, 4) is 0 Å². The number of hydrogen-bond donors (Lipinski definition) is 0. The molecule has 1 heterocycles. The van der Waals surface area contributed by atoms with E-state index in [2.05, 4.69) is 11.9 Å². The van der Waals surface area contributed by atoms with Gasteiger partial charge in [0.15, 0.2) is 11.5 Å². The average molecular weight is 143 g/mol. The zero-order valence-electron chi connectivity index (χ0n) is 5.55. The molecule has 0 aromatic carbocycles. The number of nitrogens with zero attached hydrogens (tertiary/aromatic N) is 1. The lowest BCUT2D eigenvalue weighted by Gasteiger charge is -1.89. The number of aromatic nitrogens is 1. The molecule has 0 radical (unpaired) electrons. The Hall–Kier alpha value is -0.440. The van der Waals surface area contributed by atoms with Crippen molar-refractivity contribution in [1.82, 2.24) is 4.98 Å². The van der Waals surface area contributed by atoms with Crippen molar-refractivity contribution in [1.29, 1.82) is 0 Å². The third-order valence-electron chi connectivity index (χ3n) is 0.977. The lowest BCUT2D eigenvalue weighted by atomic mass is 10.6. The minimum atomic E-state index is 0.942. The Labute approximate surface area is 58.7 Å². The Morgan fingerprint density at radius 3 is 3.00 bits per heavy atom. The van der Waals surface area contributed by atoms with Gasteiger partial charge in [-0.3, -0.25) is 0 Å². The molecule has 0 atom stereocenters. The van der Waals surface area contributed by atoms with E-state index in [1.54, 1.807) is 11.8 Å². The Morgan fingerprint density at radius 1 is 1.78 bits per heavy atom. The first-order chi connectivity index (χ1) is 4.34. The highest BCUT2D eigenvalue weighted by Crippen LogP contribution is 2.19. The van der Waals surface area contributed by atoms with Gasteiger partial charge in [-0.1, -0.05) is 18.7 Å². The second-order valence-electron chi connectivity index (χ2n) is 1.66. The molecule has 0 bridgehead atoms. The molecule has 0 N–H and O–H groups in total. The van der Waals surface area contributed by atoms with Gasteiger partial charge in [-0.25, -0.2) is 4.98 Å². The van der Waals surface area contributed by atoms with Gasteiger partial charge in [0.25, 0.3) is 0 Å². The van der Waals surface area contributed by atoms with Crippen molar-refractivity contribution in [2.24, 2.45) is 0 Å². The second kappa shape index (κ2) is 2.92. The summed E-state index contributed by atoms with van der Waals surface area (Å²) in [6.07, 6.45) is 1.48. The fourth-order valence-electron chi connectivity index (χ4n) is 0.561. The number of oxazole rings is 1. The summed E-state index contributed by atoms with van der Waals surface area (Å²) < 4.78 is 5.06. The number of thioether (sulfide) groups is 1. The summed E-state index contributed by atoms with van der Waals surface area (Å²) in [6.45, 7) is 4.04. The van der Waals surface area contributed by atoms with Gasteiger partial charge in [0.1, 0.15) is 0 Å². The van der Waals surface area contributed by atoms with Crippen LogP contribution in [-0.2, 0) is 0 Å². The third-order valence-corrected chi connectivity index (χ3v) is 1.92. The molecule has 0 aliphatic heterocycles. The highest BCUT2D eigenvalue weighted by Gasteiger charge is 1.99. The molecule has 0 amide bonds. The van der Waals surface area contributed by atoms with Crippen molar-refractivity contribution in [2.75, 3.05) is 5.75 Å². The normalized spacial score (nSPS) is 10.0. The molecule has 0 spiro atoms. The van der Waals surface area contributed by atoms with Crippen LogP contribution < -0.4 is 0 Å². The van der Waals surface area contributed by atoms with E-state index in [-0.39, 0.29) is 0 Å². The average Bonchev–Trinajstić information content (AvgIpc) is 2.18. The van der Waals surface area contributed by atoms with Crippen LogP contribution >= 0.6 is 11.8 Å². The van der Waals surface area contributed by atoms with Crippen molar-refractivity contribution >= 4 is 11.8 Å². The smallest absolute Gasteiger partial charge is 0.183 e. The minimum absolute atomic E-state index is 0.942. The lowest BCUT2D eigenvalue weighted by Crippen LogP contribution is -1.72. The van der Waals surface area contributed by atoms with Crippen LogP contribution in [0.15, 0.2) is 15.9 Å². The molecule has 0 fully saturated rings. The predicted octanol–water partition coefficient (Wildman–Crippen LogP) is 2.10. The summed E-state index contributed by atoms with van der Waals surface area (Å²) in [6, 6.07) is 0. The molecule has 0 saturated carbocycles. The first-order valence-corrected chi connectivity index (χ1v) is 3.86. The molecule has 1 rings (SSSR count). The lowest BCUT2D eigenvalue weighted by molar-refractivity contribution is 0.467. The van der Waals surface area contributed by atoms with Crippen LogP contribution in [0.3, 0.4) is 0 Å². The van der Waals surface area contributed by atoms with E-state index in [0.29, 0.717) is 0 Å². The van der Waals surface area contributed by atoms with Crippen molar-refractivity contribution in [2.45, 2.75) is 18.9 Å². The van der Waals surface area contributed by atoms with Crippen LogP contribution in [-0.4, -0.2) is 10.7 Å². The van der Waals surface area contributed by atoms with E-state index in [0.717, 1.165) is 16.5 Å². The van der Waals surface area contributed by atoms with Gasteiger partial charge < -0.3 is 4.42 Å². The molecule has 0 aliphatic rings. The van der Waals surface area contributed by atoms with E-state index in [4.69, 9.17) is 4.42 Å². The number of rotatable bonds is 2. The first kappa shape index (κ1) is 6.68. The van der Waals surface area contributed by atoms with E-state index in [9.17, 15) is 0 Å². The summed E-state index contributed by atoms with van der Waals surface area (Å²) in [7, 11) is 0. The maximum atomic E-state index is 5.06. The van der Waals surface area contributed by atoms with Crippen molar-refractivity contribution in [3.05, 3.63) is 12.1 Å². The summed E-state index contributed by atoms with van der Waals surface area (Å²) in [5.41, 5.74) is 0.988. The number of hydrogen-bond acceptors (Lipinski definition) is 3. The van der Waals surface area contributed by atoms with Gasteiger partial charge in [-0.05, 0) is 12.7 Å². The summed E-state index contributed by atoms with van der Waals surface area (Å²) >= 11 is 1.68. The minimum Gasteiger partial charge on any atom is -0.437 e.